The van der Waals surface area contributed by atoms with Gasteiger partial charge in [0.1, 0.15) is 5.75 Å². The van der Waals surface area contributed by atoms with Gasteiger partial charge in [-0.1, -0.05) is 29.8 Å². The van der Waals surface area contributed by atoms with Gasteiger partial charge in [-0.3, -0.25) is 9.59 Å². The van der Waals surface area contributed by atoms with Crippen molar-refractivity contribution in [1.29, 1.82) is 0 Å². The third-order valence-electron chi connectivity index (χ3n) is 3.59. The van der Waals surface area contributed by atoms with Gasteiger partial charge in [-0.15, -0.1) is 0 Å². The van der Waals surface area contributed by atoms with Crippen LogP contribution in [0.4, 0.5) is 5.69 Å². The molecule has 0 saturated carbocycles. The van der Waals surface area contributed by atoms with E-state index in [1.54, 1.807) is 49.5 Å². The fraction of sp³-hybridized carbons (Fsp3) is 0.105. The Morgan fingerprint density at radius 2 is 1.92 bits per heavy atom. The van der Waals surface area contributed by atoms with Gasteiger partial charge in [0.2, 0.25) is 0 Å². The number of carbonyl (C=O) groups is 1. The van der Waals surface area contributed by atoms with Crippen molar-refractivity contribution in [2.75, 3.05) is 11.9 Å². The topological polar surface area (TPSA) is 73.2 Å². The summed E-state index contributed by atoms with van der Waals surface area (Å²) in [5.74, 6) is 0.252. The molecule has 1 heterocycles. The number of hydrogen-bond acceptors (Lipinski definition) is 4. The van der Waals surface area contributed by atoms with Crippen LogP contribution in [-0.2, 0) is 11.8 Å². The van der Waals surface area contributed by atoms with E-state index in [2.05, 4.69) is 10.4 Å². The summed E-state index contributed by atoms with van der Waals surface area (Å²) in [6, 6.07) is 17.1. The highest BCUT2D eigenvalue weighted by Gasteiger charge is 2.06. The number of halogens is 1. The zero-order valence-electron chi connectivity index (χ0n) is 14.0. The molecule has 1 amide bonds. The van der Waals surface area contributed by atoms with Crippen LogP contribution >= 0.6 is 11.6 Å². The second-order valence-corrected chi connectivity index (χ2v) is 5.99. The molecule has 0 aliphatic rings. The second-order valence-electron chi connectivity index (χ2n) is 5.55. The van der Waals surface area contributed by atoms with Gasteiger partial charge in [-0.05, 0) is 36.4 Å². The maximum atomic E-state index is 12.0. The maximum absolute atomic E-state index is 12.0. The van der Waals surface area contributed by atoms with Gasteiger partial charge >= 0.3 is 0 Å². The fourth-order valence-electron chi connectivity index (χ4n) is 2.28. The summed E-state index contributed by atoms with van der Waals surface area (Å²) in [5, 5.41) is 7.49. The first-order valence-corrected chi connectivity index (χ1v) is 8.22. The number of benzene rings is 2. The van der Waals surface area contributed by atoms with Crippen molar-refractivity contribution >= 4 is 23.2 Å². The van der Waals surface area contributed by atoms with Gasteiger partial charge in [-0.25, -0.2) is 4.68 Å². The minimum absolute atomic E-state index is 0.121. The van der Waals surface area contributed by atoms with Crippen LogP contribution in [0.5, 0.6) is 5.75 Å². The van der Waals surface area contributed by atoms with E-state index in [0.717, 1.165) is 5.56 Å². The first-order valence-electron chi connectivity index (χ1n) is 7.84. The lowest BCUT2D eigenvalue weighted by atomic mass is 10.1. The predicted molar refractivity (Wildman–Crippen MR) is 100 cm³/mol. The molecule has 26 heavy (non-hydrogen) atoms. The van der Waals surface area contributed by atoms with Crippen LogP contribution in [0, 0.1) is 0 Å². The summed E-state index contributed by atoms with van der Waals surface area (Å²) in [5.41, 5.74) is 1.98. The number of nitrogens with one attached hydrogen (secondary N) is 1. The summed E-state index contributed by atoms with van der Waals surface area (Å²) in [6.45, 7) is -0.121. The van der Waals surface area contributed by atoms with Crippen molar-refractivity contribution in [3.05, 3.63) is 76.0 Å². The lowest BCUT2D eigenvalue weighted by molar-refractivity contribution is -0.118. The first-order chi connectivity index (χ1) is 12.5. The summed E-state index contributed by atoms with van der Waals surface area (Å²) < 4.78 is 6.68. The zero-order chi connectivity index (χ0) is 18.5. The van der Waals surface area contributed by atoms with Crippen LogP contribution in [0.25, 0.3) is 11.3 Å². The Morgan fingerprint density at radius 1 is 1.15 bits per heavy atom. The molecule has 132 valence electrons. The molecule has 3 aromatic rings. The highest BCUT2D eigenvalue weighted by molar-refractivity contribution is 6.30. The highest BCUT2D eigenvalue weighted by Crippen LogP contribution is 2.19. The van der Waals surface area contributed by atoms with Gasteiger partial charge < -0.3 is 10.1 Å². The summed E-state index contributed by atoms with van der Waals surface area (Å²) in [7, 11) is 1.60. The predicted octanol–water partition coefficient (Wildman–Crippen LogP) is 3.12. The van der Waals surface area contributed by atoms with Crippen LogP contribution in [0.3, 0.4) is 0 Å². The number of hydrogen-bond donors (Lipinski definition) is 1. The van der Waals surface area contributed by atoms with Crippen molar-refractivity contribution in [3.63, 3.8) is 0 Å². The van der Waals surface area contributed by atoms with Crippen molar-refractivity contribution in [2.24, 2.45) is 7.05 Å². The smallest absolute Gasteiger partial charge is 0.266 e. The van der Waals surface area contributed by atoms with E-state index in [0.29, 0.717) is 22.2 Å². The lowest BCUT2D eigenvalue weighted by Crippen LogP contribution is -2.20. The number of carbonyl (C=O) groups excluding carboxylic acids is 1. The van der Waals surface area contributed by atoms with Gasteiger partial charge in [-0.2, -0.15) is 5.10 Å². The van der Waals surface area contributed by atoms with Crippen LogP contribution in [0.2, 0.25) is 5.02 Å². The van der Waals surface area contributed by atoms with Crippen molar-refractivity contribution < 1.29 is 9.53 Å². The Balaban J connectivity index is 1.60. The molecule has 0 bridgehead atoms. The average molecular weight is 370 g/mol. The Labute approximate surface area is 155 Å². The summed E-state index contributed by atoms with van der Waals surface area (Å²) in [4.78, 5) is 23.4. The fourth-order valence-corrected chi connectivity index (χ4v) is 2.46. The largest absolute Gasteiger partial charge is 0.484 e. The molecule has 0 unspecified atom stereocenters. The highest BCUT2D eigenvalue weighted by atomic mass is 35.5. The maximum Gasteiger partial charge on any atom is 0.266 e. The monoisotopic (exact) mass is 369 g/mol. The van der Waals surface area contributed by atoms with Crippen LogP contribution in [0.1, 0.15) is 0 Å². The van der Waals surface area contributed by atoms with Gasteiger partial charge in [0.05, 0.1) is 5.69 Å². The number of amides is 1. The van der Waals surface area contributed by atoms with Gasteiger partial charge in [0.25, 0.3) is 11.5 Å². The number of anilines is 1. The molecule has 6 nitrogen and oxygen atoms in total. The molecule has 2 aromatic carbocycles. The molecule has 0 radical (unpaired) electrons. The van der Waals surface area contributed by atoms with E-state index in [-0.39, 0.29) is 18.1 Å². The Bertz CT molecular complexity index is 984. The van der Waals surface area contributed by atoms with Crippen LogP contribution in [0.15, 0.2) is 65.5 Å². The van der Waals surface area contributed by atoms with E-state index < -0.39 is 0 Å². The van der Waals surface area contributed by atoms with E-state index in [1.165, 1.54) is 10.7 Å². The van der Waals surface area contributed by atoms with E-state index in [4.69, 9.17) is 16.3 Å². The Kier molecular flexibility index (Phi) is 5.34. The SMILES string of the molecule is Cn1nc(-c2ccc(NC(=O)COc3cccc(Cl)c3)cc2)ccc1=O. The molecule has 0 aliphatic heterocycles. The van der Waals surface area contributed by atoms with Gasteiger partial charge in [0.15, 0.2) is 6.61 Å². The third-order valence-corrected chi connectivity index (χ3v) is 3.83. The summed E-state index contributed by atoms with van der Waals surface area (Å²) >= 11 is 5.87. The first kappa shape index (κ1) is 17.7. The number of rotatable bonds is 5. The molecule has 0 aliphatic carbocycles. The summed E-state index contributed by atoms with van der Waals surface area (Å²) in [6.07, 6.45) is 0. The average Bonchev–Trinajstić information content (AvgIpc) is 2.63. The van der Waals surface area contributed by atoms with Gasteiger partial charge in [0, 0.05) is 29.4 Å². The minimum atomic E-state index is -0.280. The second kappa shape index (κ2) is 7.84. The molecular weight excluding hydrogens is 354 g/mol. The van der Waals surface area contributed by atoms with Crippen molar-refractivity contribution in [3.8, 4) is 17.0 Å². The Hall–Kier alpha value is -3.12. The standard InChI is InChI=1S/C19H16ClN3O3/c1-23-19(25)10-9-17(22-23)13-5-7-15(8-6-13)21-18(24)12-26-16-4-2-3-14(20)11-16/h2-11H,12H2,1H3,(H,21,24). The molecule has 1 aromatic heterocycles. The van der Waals surface area contributed by atoms with E-state index >= 15 is 0 Å². The molecule has 0 atom stereocenters. The molecule has 1 N–H and O–H groups in total. The molecule has 0 fully saturated rings. The van der Waals surface area contributed by atoms with E-state index in [9.17, 15) is 9.59 Å². The molecule has 3 rings (SSSR count). The number of nitrogens with zero attached hydrogens (tertiary/aromatic N) is 2. The molecular formula is C19H16ClN3O3. The minimum Gasteiger partial charge on any atom is -0.484 e. The van der Waals surface area contributed by atoms with Crippen LogP contribution < -0.4 is 15.6 Å². The normalized spacial score (nSPS) is 10.4. The quantitative estimate of drug-likeness (QED) is 0.750. The zero-order valence-corrected chi connectivity index (χ0v) is 14.7. The van der Waals surface area contributed by atoms with E-state index in [1.807, 2.05) is 12.1 Å². The molecule has 7 heteroatoms. The molecule has 0 spiro atoms. The van der Waals surface area contributed by atoms with Crippen LogP contribution in [-0.4, -0.2) is 22.3 Å². The number of aryl methyl sites for hydroxylation is 1. The molecule has 0 saturated heterocycles. The van der Waals surface area contributed by atoms with Crippen molar-refractivity contribution in [2.45, 2.75) is 0 Å². The Morgan fingerprint density at radius 3 is 2.62 bits per heavy atom. The lowest BCUT2D eigenvalue weighted by Gasteiger charge is -2.08. The number of ether oxygens (including phenoxy) is 1. The van der Waals surface area contributed by atoms with Crippen molar-refractivity contribution in [1.82, 2.24) is 9.78 Å². The third kappa shape index (κ3) is 4.49. The number of aromatic nitrogens is 2.